The average molecular weight is 233 g/mol. The molecule has 17 heavy (non-hydrogen) atoms. The zero-order valence-electron chi connectivity index (χ0n) is 10.3. The second-order valence-electron chi connectivity index (χ2n) is 4.14. The van der Waals surface area contributed by atoms with Crippen molar-refractivity contribution in [2.75, 3.05) is 25.0 Å². The SMILES string of the molecule is Cc1ccc(C#N)c(NCCNCC(C)O)c1. The lowest BCUT2D eigenvalue weighted by atomic mass is 10.1. The minimum absolute atomic E-state index is 0.330. The van der Waals surface area contributed by atoms with Gasteiger partial charge < -0.3 is 15.7 Å². The molecule has 1 unspecified atom stereocenters. The van der Waals surface area contributed by atoms with Crippen molar-refractivity contribution in [3.63, 3.8) is 0 Å². The van der Waals surface area contributed by atoms with Crippen molar-refractivity contribution < 1.29 is 5.11 Å². The van der Waals surface area contributed by atoms with E-state index in [0.29, 0.717) is 12.1 Å². The average Bonchev–Trinajstić information content (AvgIpc) is 2.28. The number of nitriles is 1. The molecule has 0 aliphatic rings. The summed E-state index contributed by atoms with van der Waals surface area (Å²) in [6.07, 6.45) is -0.330. The smallest absolute Gasteiger partial charge is 0.101 e. The minimum atomic E-state index is -0.330. The maximum absolute atomic E-state index is 9.06. The number of aryl methyl sites for hydroxylation is 1. The Kier molecular flexibility index (Phi) is 5.47. The third-order valence-electron chi connectivity index (χ3n) is 2.35. The van der Waals surface area contributed by atoms with E-state index in [0.717, 1.165) is 24.3 Å². The monoisotopic (exact) mass is 233 g/mol. The van der Waals surface area contributed by atoms with E-state index in [1.807, 2.05) is 25.1 Å². The number of aliphatic hydroxyl groups excluding tert-OH is 1. The maximum Gasteiger partial charge on any atom is 0.101 e. The first-order chi connectivity index (χ1) is 8.13. The fraction of sp³-hybridized carbons (Fsp3) is 0.462. The molecule has 4 heteroatoms. The standard InChI is InChI=1S/C13H19N3O/c1-10-3-4-12(8-14)13(7-10)16-6-5-15-9-11(2)17/h3-4,7,11,15-17H,5-6,9H2,1-2H3. The molecule has 0 aliphatic heterocycles. The molecular formula is C13H19N3O. The maximum atomic E-state index is 9.06. The number of benzene rings is 1. The second kappa shape index (κ2) is 6.89. The van der Waals surface area contributed by atoms with Gasteiger partial charge in [0.05, 0.1) is 17.4 Å². The van der Waals surface area contributed by atoms with Crippen LogP contribution in [-0.4, -0.2) is 30.8 Å². The van der Waals surface area contributed by atoms with Gasteiger partial charge in [-0.15, -0.1) is 0 Å². The predicted molar refractivity (Wildman–Crippen MR) is 68.9 cm³/mol. The van der Waals surface area contributed by atoms with Crippen molar-refractivity contribution in [2.24, 2.45) is 0 Å². The highest BCUT2D eigenvalue weighted by molar-refractivity contribution is 5.58. The zero-order valence-corrected chi connectivity index (χ0v) is 10.3. The number of rotatable bonds is 6. The Labute approximate surface area is 102 Å². The van der Waals surface area contributed by atoms with Crippen molar-refractivity contribution in [2.45, 2.75) is 20.0 Å². The van der Waals surface area contributed by atoms with Crippen LogP contribution in [0.5, 0.6) is 0 Å². The molecule has 1 aromatic rings. The molecule has 4 nitrogen and oxygen atoms in total. The first-order valence-corrected chi connectivity index (χ1v) is 5.77. The van der Waals surface area contributed by atoms with Crippen LogP contribution >= 0.6 is 0 Å². The van der Waals surface area contributed by atoms with Gasteiger partial charge in [-0.05, 0) is 31.5 Å². The summed E-state index contributed by atoms with van der Waals surface area (Å²) in [7, 11) is 0. The Balaban J connectivity index is 2.41. The molecule has 1 aromatic carbocycles. The fourth-order valence-electron chi connectivity index (χ4n) is 1.50. The highest BCUT2D eigenvalue weighted by Crippen LogP contribution is 2.15. The van der Waals surface area contributed by atoms with Gasteiger partial charge in [-0.1, -0.05) is 6.07 Å². The van der Waals surface area contributed by atoms with Crippen LogP contribution < -0.4 is 10.6 Å². The highest BCUT2D eigenvalue weighted by Gasteiger charge is 2.01. The molecule has 1 atom stereocenters. The molecule has 1 rings (SSSR count). The van der Waals surface area contributed by atoms with Crippen LogP contribution in [0.4, 0.5) is 5.69 Å². The van der Waals surface area contributed by atoms with E-state index in [2.05, 4.69) is 16.7 Å². The van der Waals surface area contributed by atoms with Gasteiger partial charge in [-0.2, -0.15) is 5.26 Å². The number of hydrogen-bond acceptors (Lipinski definition) is 4. The Morgan fingerprint density at radius 2 is 2.18 bits per heavy atom. The van der Waals surface area contributed by atoms with Gasteiger partial charge in [-0.3, -0.25) is 0 Å². The van der Waals surface area contributed by atoms with Crippen LogP contribution in [0.3, 0.4) is 0 Å². The number of aliphatic hydroxyl groups is 1. The molecule has 0 heterocycles. The Morgan fingerprint density at radius 3 is 2.82 bits per heavy atom. The lowest BCUT2D eigenvalue weighted by Crippen LogP contribution is -2.29. The lowest BCUT2D eigenvalue weighted by Gasteiger charge is -2.10. The van der Waals surface area contributed by atoms with Gasteiger partial charge >= 0.3 is 0 Å². The lowest BCUT2D eigenvalue weighted by molar-refractivity contribution is 0.192. The first-order valence-electron chi connectivity index (χ1n) is 5.77. The summed E-state index contributed by atoms with van der Waals surface area (Å²) in [5.41, 5.74) is 2.65. The van der Waals surface area contributed by atoms with E-state index in [1.165, 1.54) is 0 Å². The summed E-state index contributed by atoms with van der Waals surface area (Å²) in [5, 5.41) is 24.3. The molecule has 0 amide bonds. The molecule has 3 N–H and O–H groups in total. The Bertz CT molecular complexity index is 396. The van der Waals surface area contributed by atoms with Crippen LogP contribution in [0, 0.1) is 18.3 Å². The van der Waals surface area contributed by atoms with Crippen molar-refractivity contribution in [3.05, 3.63) is 29.3 Å². The molecule has 0 saturated heterocycles. The third-order valence-corrected chi connectivity index (χ3v) is 2.35. The Morgan fingerprint density at radius 1 is 1.41 bits per heavy atom. The van der Waals surface area contributed by atoms with Crippen LogP contribution in [0.2, 0.25) is 0 Å². The molecular weight excluding hydrogens is 214 g/mol. The van der Waals surface area contributed by atoms with Gasteiger partial charge in [0, 0.05) is 19.6 Å². The van der Waals surface area contributed by atoms with E-state index < -0.39 is 0 Å². The van der Waals surface area contributed by atoms with Gasteiger partial charge in [0.2, 0.25) is 0 Å². The van der Waals surface area contributed by atoms with E-state index in [4.69, 9.17) is 10.4 Å². The van der Waals surface area contributed by atoms with Crippen LogP contribution in [0.25, 0.3) is 0 Å². The fourth-order valence-corrected chi connectivity index (χ4v) is 1.50. The summed E-state index contributed by atoms with van der Waals surface area (Å²) in [6.45, 7) is 5.81. The molecule has 92 valence electrons. The molecule has 0 saturated carbocycles. The predicted octanol–water partition coefficient (Wildman–Crippen LogP) is 1.25. The van der Waals surface area contributed by atoms with Gasteiger partial charge in [-0.25, -0.2) is 0 Å². The van der Waals surface area contributed by atoms with E-state index in [1.54, 1.807) is 6.92 Å². The van der Waals surface area contributed by atoms with E-state index >= 15 is 0 Å². The molecule has 0 radical (unpaired) electrons. The van der Waals surface area contributed by atoms with Crippen LogP contribution in [-0.2, 0) is 0 Å². The van der Waals surface area contributed by atoms with Crippen LogP contribution in [0.15, 0.2) is 18.2 Å². The van der Waals surface area contributed by atoms with Gasteiger partial charge in [0.25, 0.3) is 0 Å². The van der Waals surface area contributed by atoms with Crippen molar-refractivity contribution >= 4 is 5.69 Å². The quantitative estimate of drug-likeness (QED) is 0.647. The minimum Gasteiger partial charge on any atom is -0.392 e. The highest BCUT2D eigenvalue weighted by atomic mass is 16.3. The largest absolute Gasteiger partial charge is 0.392 e. The van der Waals surface area contributed by atoms with Gasteiger partial charge in [0.1, 0.15) is 6.07 Å². The molecule has 0 spiro atoms. The summed E-state index contributed by atoms with van der Waals surface area (Å²) < 4.78 is 0. The van der Waals surface area contributed by atoms with E-state index in [9.17, 15) is 0 Å². The molecule has 0 aliphatic carbocycles. The zero-order chi connectivity index (χ0) is 12.7. The summed E-state index contributed by atoms with van der Waals surface area (Å²) >= 11 is 0. The number of nitrogens with one attached hydrogen (secondary N) is 2. The topological polar surface area (TPSA) is 68.1 Å². The van der Waals surface area contributed by atoms with Crippen molar-refractivity contribution in [3.8, 4) is 6.07 Å². The first kappa shape index (κ1) is 13.5. The molecule has 0 aromatic heterocycles. The summed E-state index contributed by atoms with van der Waals surface area (Å²) in [4.78, 5) is 0. The summed E-state index contributed by atoms with van der Waals surface area (Å²) in [6, 6.07) is 7.87. The van der Waals surface area contributed by atoms with Crippen molar-refractivity contribution in [1.29, 1.82) is 5.26 Å². The third kappa shape index (κ3) is 4.85. The Hall–Kier alpha value is -1.57. The van der Waals surface area contributed by atoms with E-state index in [-0.39, 0.29) is 6.10 Å². The molecule has 0 bridgehead atoms. The van der Waals surface area contributed by atoms with Gasteiger partial charge in [0.15, 0.2) is 0 Å². The number of hydrogen-bond donors (Lipinski definition) is 3. The normalized spacial score (nSPS) is 11.9. The van der Waals surface area contributed by atoms with Crippen molar-refractivity contribution in [1.82, 2.24) is 5.32 Å². The second-order valence-corrected chi connectivity index (χ2v) is 4.14. The number of anilines is 1. The molecule has 0 fully saturated rings. The van der Waals surface area contributed by atoms with Crippen LogP contribution in [0.1, 0.15) is 18.1 Å². The summed E-state index contributed by atoms with van der Waals surface area (Å²) in [5.74, 6) is 0. The number of nitrogens with zero attached hydrogens (tertiary/aromatic N) is 1.